The summed E-state index contributed by atoms with van der Waals surface area (Å²) in [5.41, 5.74) is 6.08. The van der Waals surface area contributed by atoms with Crippen LogP contribution in [0.4, 0.5) is 5.69 Å². The number of carbonyl (C=O) groups is 3. The third kappa shape index (κ3) is 3.34. The zero-order chi connectivity index (χ0) is 23.2. The normalized spacial score (nSPS) is 15.3. The highest BCUT2D eigenvalue weighted by Crippen LogP contribution is 2.33. The Morgan fingerprint density at radius 3 is 2.32 bits per heavy atom. The topological polar surface area (TPSA) is 79.8 Å². The molecule has 0 radical (unpaired) electrons. The van der Waals surface area contributed by atoms with Gasteiger partial charge in [0, 0.05) is 17.7 Å². The van der Waals surface area contributed by atoms with Crippen LogP contribution in [0, 0.1) is 0 Å². The first kappa shape index (κ1) is 20.6. The number of benzene rings is 3. The molecule has 168 valence electrons. The van der Waals surface area contributed by atoms with E-state index in [-0.39, 0.29) is 23.9 Å². The van der Waals surface area contributed by atoms with E-state index in [0.29, 0.717) is 41.7 Å². The summed E-state index contributed by atoms with van der Waals surface area (Å²) in [6.07, 6.45) is 1.27. The molecule has 8 heteroatoms. The average molecular weight is 470 g/mol. The molecule has 0 saturated heterocycles. The first-order chi connectivity index (χ1) is 16.6. The zero-order valence-electron chi connectivity index (χ0n) is 18.1. The quantitative estimate of drug-likeness (QED) is 0.448. The van der Waals surface area contributed by atoms with Gasteiger partial charge in [-0.25, -0.2) is 9.78 Å². The second kappa shape index (κ2) is 8.07. The van der Waals surface area contributed by atoms with Crippen molar-refractivity contribution < 1.29 is 19.2 Å². The van der Waals surface area contributed by atoms with Crippen LogP contribution in [0.2, 0.25) is 0 Å². The van der Waals surface area contributed by atoms with Gasteiger partial charge in [-0.3, -0.25) is 9.59 Å². The highest BCUT2D eigenvalue weighted by Gasteiger charge is 2.32. The summed E-state index contributed by atoms with van der Waals surface area (Å²) in [6, 6.07) is 18.3. The zero-order valence-corrected chi connectivity index (χ0v) is 18.9. The van der Waals surface area contributed by atoms with Gasteiger partial charge in [-0.15, -0.1) is 11.3 Å². The third-order valence-electron chi connectivity index (χ3n) is 6.31. The van der Waals surface area contributed by atoms with Gasteiger partial charge < -0.3 is 9.74 Å². The van der Waals surface area contributed by atoms with E-state index in [2.05, 4.69) is 4.98 Å². The monoisotopic (exact) mass is 469 g/mol. The molecule has 0 saturated carbocycles. The van der Waals surface area contributed by atoms with E-state index in [9.17, 15) is 14.4 Å². The predicted octanol–water partition coefficient (Wildman–Crippen LogP) is 4.27. The van der Waals surface area contributed by atoms with Gasteiger partial charge in [-0.1, -0.05) is 36.4 Å². The molecule has 2 amide bonds. The van der Waals surface area contributed by atoms with Crippen LogP contribution < -0.4 is 4.90 Å². The van der Waals surface area contributed by atoms with Gasteiger partial charge in [0.05, 0.1) is 33.5 Å². The van der Waals surface area contributed by atoms with Crippen molar-refractivity contribution in [2.75, 3.05) is 18.0 Å². The molecule has 2 aliphatic rings. The molecule has 1 aromatic heterocycles. The lowest BCUT2D eigenvalue weighted by atomic mass is 9.98. The summed E-state index contributed by atoms with van der Waals surface area (Å²) in [7, 11) is 0. The van der Waals surface area contributed by atoms with Gasteiger partial charge >= 0.3 is 5.97 Å². The van der Waals surface area contributed by atoms with Gasteiger partial charge in [0.1, 0.15) is 0 Å². The number of hydroxylamine groups is 2. The Bertz CT molecular complexity index is 1480. The van der Waals surface area contributed by atoms with Crippen molar-refractivity contribution in [3.63, 3.8) is 0 Å². The minimum atomic E-state index is -0.690. The Morgan fingerprint density at radius 2 is 1.56 bits per heavy atom. The maximum Gasteiger partial charge on any atom is 0.365 e. The molecule has 6 rings (SSSR count). The number of hydrogen-bond acceptors (Lipinski definition) is 6. The SMILES string of the molecule is O=C(ON1CCc2ccccc2C1=O)c1cc2ncsc2cc1N1CCc2ccccc2C1=O. The van der Waals surface area contributed by atoms with Crippen molar-refractivity contribution in [3.05, 3.63) is 94.0 Å². The van der Waals surface area contributed by atoms with Crippen molar-refractivity contribution in [2.24, 2.45) is 0 Å². The molecule has 0 atom stereocenters. The van der Waals surface area contributed by atoms with Crippen LogP contribution in [0.5, 0.6) is 0 Å². The Morgan fingerprint density at radius 1 is 0.882 bits per heavy atom. The highest BCUT2D eigenvalue weighted by atomic mass is 32.1. The molecule has 0 spiro atoms. The number of amides is 2. The molecule has 4 aromatic rings. The number of rotatable bonds is 3. The average Bonchev–Trinajstić information content (AvgIpc) is 3.33. The highest BCUT2D eigenvalue weighted by molar-refractivity contribution is 7.16. The molecular weight excluding hydrogens is 450 g/mol. The number of aromatic nitrogens is 1. The second-order valence-corrected chi connectivity index (χ2v) is 9.13. The van der Waals surface area contributed by atoms with Gasteiger partial charge in [-0.05, 0) is 48.2 Å². The molecule has 0 fully saturated rings. The summed E-state index contributed by atoms with van der Waals surface area (Å²) >= 11 is 1.44. The lowest BCUT2D eigenvalue weighted by Gasteiger charge is -2.31. The van der Waals surface area contributed by atoms with Crippen LogP contribution in [0.1, 0.15) is 42.2 Å². The molecule has 34 heavy (non-hydrogen) atoms. The Kier molecular flexibility index (Phi) is 4.88. The van der Waals surface area contributed by atoms with Gasteiger partial charge in [0.2, 0.25) is 0 Å². The van der Waals surface area contributed by atoms with Crippen LogP contribution in [0.15, 0.2) is 66.2 Å². The van der Waals surface area contributed by atoms with E-state index in [0.717, 1.165) is 20.9 Å². The van der Waals surface area contributed by atoms with Gasteiger partial charge in [0.15, 0.2) is 0 Å². The predicted molar refractivity (Wildman–Crippen MR) is 128 cm³/mol. The molecular formula is C26H19N3O4S. The second-order valence-electron chi connectivity index (χ2n) is 8.25. The lowest BCUT2D eigenvalue weighted by Crippen LogP contribution is -2.41. The number of hydrogen-bond donors (Lipinski definition) is 0. The Labute approximate surface area is 199 Å². The van der Waals surface area contributed by atoms with Gasteiger partial charge in [-0.2, -0.15) is 5.06 Å². The minimum absolute atomic E-state index is 0.164. The van der Waals surface area contributed by atoms with E-state index in [1.165, 1.54) is 11.3 Å². The number of anilines is 1. The van der Waals surface area contributed by atoms with E-state index in [4.69, 9.17) is 4.84 Å². The number of nitrogens with zero attached hydrogens (tertiary/aromatic N) is 3. The minimum Gasteiger partial charge on any atom is -0.332 e. The van der Waals surface area contributed by atoms with Crippen molar-refractivity contribution in [1.82, 2.24) is 10.0 Å². The van der Waals surface area contributed by atoms with E-state index >= 15 is 0 Å². The van der Waals surface area contributed by atoms with Crippen molar-refractivity contribution in [1.29, 1.82) is 0 Å². The van der Waals surface area contributed by atoms with Crippen molar-refractivity contribution in [3.8, 4) is 0 Å². The van der Waals surface area contributed by atoms with Crippen LogP contribution in [-0.2, 0) is 17.7 Å². The first-order valence-corrected chi connectivity index (χ1v) is 11.9. The summed E-state index contributed by atoms with van der Waals surface area (Å²) in [6.45, 7) is 0.711. The first-order valence-electron chi connectivity index (χ1n) is 11.0. The standard InChI is InChI=1S/C26H19N3O4S/c30-24-18-7-3-1-5-16(18)9-11-28(24)22-14-23-21(27-15-34-23)13-20(22)26(32)33-29-12-10-17-6-2-4-8-19(17)25(29)31/h1-8,13-15H,9-12H2. The fourth-order valence-electron chi connectivity index (χ4n) is 4.58. The van der Waals surface area contributed by atoms with Crippen molar-refractivity contribution >= 4 is 45.0 Å². The molecule has 0 N–H and O–H groups in total. The molecule has 2 aliphatic heterocycles. The van der Waals surface area contributed by atoms with Crippen LogP contribution in [0.25, 0.3) is 10.2 Å². The summed E-state index contributed by atoms with van der Waals surface area (Å²) < 4.78 is 0.862. The summed E-state index contributed by atoms with van der Waals surface area (Å²) in [5, 5.41) is 1.10. The van der Waals surface area contributed by atoms with E-state index in [1.54, 1.807) is 34.7 Å². The molecule has 0 aliphatic carbocycles. The molecule has 7 nitrogen and oxygen atoms in total. The smallest absolute Gasteiger partial charge is 0.332 e. The van der Waals surface area contributed by atoms with Crippen LogP contribution in [0.3, 0.4) is 0 Å². The molecule has 0 bridgehead atoms. The fourth-order valence-corrected chi connectivity index (χ4v) is 5.27. The Balaban J connectivity index is 1.36. The third-order valence-corrected chi connectivity index (χ3v) is 7.10. The summed E-state index contributed by atoms with van der Waals surface area (Å²) in [5.74, 6) is -1.21. The Hall–Kier alpha value is -4.04. The molecule has 0 unspecified atom stereocenters. The number of fused-ring (bicyclic) bond motifs is 3. The van der Waals surface area contributed by atoms with Crippen LogP contribution >= 0.6 is 11.3 Å². The largest absolute Gasteiger partial charge is 0.365 e. The lowest BCUT2D eigenvalue weighted by molar-refractivity contribution is -0.0829. The van der Waals surface area contributed by atoms with Gasteiger partial charge in [0.25, 0.3) is 11.8 Å². The molecule has 3 aromatic carbocycles. The van der Waals surface area contributed by atoms with Crippen molar-refractivity contribution in [2.45, 2.75) is 12.8 Å². The number of thiazole rings is 1. The van der Waals surface area contributed by atoms with E-state index < -0.39 is 5.97 Å². The maximum absolute atomic E-state index is 13.4. The van der Waals surface area contributed by atoms with Crippen LogP contribution in [-0.4, -0.2) is 40.9 Å². The fraction of sp³-hybridized carbons (Fsp3) is 0.154. The summed E-state index contributed by atoms with van der Waals surface area (Å²) in [4.78, 5) is 51.1. The maximum atomic E-state index is 13.4. The molecule has 3 heterocycles. The number of carbonyl (C=O) groups excluding carboxylic acids is 3. The van der Waals surface area contributed by atoms with E-state index in [1.807, 2.05) is 36.4 Å².